The lowest BCUT2D eigenvalue weighted by atomic mass is 10.0. The molecule has 1 amide bonds. The number of likely N-dealkylation sites (tertiary alicyclic amines) is 1. The van der Waals surface area contributed by atoms with Crippen molar-refractivity contribution in [2.75, 3.05) is 13.1 Å². The fraction of sp³-hybridized carbons (Fsp3) is 0.375. The first-order chi connectivity index (χ1) is 15.2. The topological polar surface area (TPSA) is 72.3 Å². The van der Waals surface area contributed by atoms with Gasteiger partial charge in [0.1, 0.15) is 17.5 Å². The predicted molar refractivity (Wildman–Crippen MR) is 117 cm³/mol. The Morgan fingerprint density at radius 2 is 1.87 bits per heavy atom. The van der Waals surface area contributed by atoms with Gasteiger partial charge in [0.25, 0.3) is 5.91 Å². The van der Waals surface area contributed by atoms with Crippen molar-refractivity contribution in [3.05, 3.63) is 77.9 Å². The molecule has 31 heavy (non-hydrogen) atoms. The lowest BCUT2D eigenvalue weighted by Crippen LogP contribution is -2.44. The zero-order valence-electron chi connectivity index (χ0n) is 17.5. The number of piperidine rings is 1. The zero-order valence-corrected chi connectivity index (χ0v) is 17.5. The summed E-state index contributed by atoms with van der Waals surface area (Å²) in [5.74, 6) is 0.734. The molecule has 4 heterocycles. The van der Waals surface area contributed by atoms with E-state index >= 15 is 0 Å². The summed E-state index contributed by atoms with van der Waals surface area (Å²) < 4.78 is 7.88. The average molecular weight is 418 g/mol. The molecule has 3 aromatic rings. The number of hydrogen-bond acceptors (Lipinski definition) is 5. The summed E-state index contributed by atoms with van der Waals surface area (Å²) in [4.78, 5) is 19.2. The minimum Gasteiger partial charge on any atom is -0.488 e. The van der Waals surface area contributed by atoms with Gasteiger partial charge in [-0.15, -0.1) is 0 Å². The molecule has 1 unspecified atom stereocenters. The first-order valence-corrected chi connectivity index (χ1v) is 10.9. The van der Waals surface area contributed by atoms with Crippen LogP contribution >= 0.6 is 0 Å². The van der Waals surface area contributed by atoms with E-state index in [1.807, 2.05) is 28.9 Å². The maximum absolute atomic E-state index is 12.7. The van der Waals surface area contributed by atoms with Gasteiger partial charge in [-0.3, -0.25) is 19.4 Å². The smallest absolute Gasteiger partial charge is 0.272 e. The van der Waals surface area contributed by atoms with Crippen LogP contribution in [0, 0.1) is 0 Å². The summed E-state index contributed by atoms with van der Waals surface area (Å²) in [5, 5.41) is 7.70. The summed E-state index contributed by atoms with van der Waals surface area (Å²) in [6, 6.07) is 16.4. The van der Waals surface area contributed by atoms with Crippen molar-refractivity contribution in [2.45, 2.75) is 44.5 Å². The maximum atomic E-state index is 12.7. The van der Waals surface area contributed by atoms with E-state index in [1.54, 1.807) is 12.4 Å². The molecule has 7 nitrogen and oxygen atoms in total. The lowest BCUT2D eigenvalue weighted by Gasteiger charge is -2.32. The molecule has 0 spiro atoms. The van der Waals surface area contributed by atoms with Crippen LogP contribution in [0.1, 0.15) is 34.6 Å². The van der Waals surface area contributed by atoms with E-state index < -0.39 is 0 Å². The molecule has 7 heteroatoms. The van der Waals surface area contributed by atoms with Crippen LogP contribution in [0.2, 0.25) is 0 Å². The second-order valence-electron chi connectivity index (χ2n) is 8.34. The summed E-state index contributed by atoms with van der Waals surface area (Å²) in [6.45, 7) is 3.61. The molecule has 1 N–H and O–H groups in total. The standard InChI is InChI=1S/C24H27N5O2/c30-24(26-19-8-12-28(13-9-19)16-18-4-2-1-3-5-18)23-15-20-14-22(17-29(20)27-23)31-21-6-10-25-11-7-21/h1-7,10-11,15,19,22H,8-9,12-14,16-17H2,(H,26,30). The molecule has 0 saturated carbocycles. The number of hydrogen-bond donors (Lipinski definition) is 1. The van der Waals surface area contributed by atoms with Gasteiger partial charge in [0.05, 0.1) is 6.54 Å². The molecule has 1 saturated heterocycles. The van der Waals surface area contributed by atoms with Crippen LogP contribution in [0.3, 0.4) is 0 Å². The Morgan fingerprint density at radius 3 is 2.61 bits per heavy atom. The number of rotatable bonds is 6. The fourth-order valence-corrected chi connectivity index (χ4v) is 4.40. The van der Waals surface area contributed by atoms with Gasteiger partial charge in [0.15, 0.2) is 0 Å². The second kappa shape index (κ2) is 8.89. The highest BCUT2D eigenvalue weighted by atomic mass is 16.5. The SMILES string of the molecule is O=C(NC1CCN(Cc2ccccc2)CC1)c1cc2n(n1)CC(Oc1ccncc1)C2. The Bertz CT molecular complexity index is 989. The minimum absolute atomic E-state index is 0.0379. The number of carbonyl (C=O) groups is 1. The quantitative estimate of drug-likeness (QED) is 0.668. The molecule has 5 rings (SSSR count). The lowest BCUT2D eigenvalue weighted by molar-refractivity contribution is 0.0902. The maximum Gasteiger partial charge on any atom is 0.272 e. The van der Waals surface area contributed by atoms with E-state index in [9.17, 15) is 4.79 Å². The molecule has 1 aromatic carbocycles. The number of pyridine rings is 1. The van der Waals surface area contributed by atoms with E-state index in [2.05, 4.69) is 44.6 Å². The largest absolute Gasteiger partial charge is 0.488 e. The summed E-state index contributed by atoms with van der Waals surface area (Å²) >= 11 is 0. The third-order valence-electron chi connectivity index (χ3n) is 6.03. The van der Waals surface area contributed by atoms with Crippen LogP contribution in [0.15, 0.2) is 60.9 Å². The Hall–Kier alpha value is -3.19. The Labute approximate surface area is 182 Å². The first-order valence-electron chi connectivity index (χ1n) is 10.9. The van der Waals surface area contributed by atoms with Crippen LogP contribution in [0.25, 0.3) is 0 Å². The molecular weight excluding hydrogens is 390 g/mol. The number of benzene rings is 1. The van der Waals surface area contributed by atoms with Crippen molar-refractivity contribution >= 4 is 5.91 Å². The van der Waals surface area contributed by atoms with Gasteiger partial charge in [0, 0.05) is 50.2 Å². The van der Waals surface area contributed by atoms with Gasteiger partial charge < -0.3 is 10.1 Å². The number of fused-ring (bicyclic) bond motifs is 1. The van der Waals surface area contributed by atoms with Gasteiger partial charge in [-0.2, -0.15) is 5.10 Å². The van der Waals surface area contributed by atoms with Gasteiger partial charge in [-0.25, -0.2) is 0 Å². The minimum atomic E-state index is -0.0741. The highest BCUT2D eigenvalue weighted by molar-refractivity contribution is 5.92. The molecule has 2 aliphatic heterocycles. The molecule has 0 radical (unpaired) electrons. The van der Waals surface area contributed by atoms with Crippen LogP contribution in [0.4, 0.5) is 0 Å². The highest BCUT2D eigenvalue weighted by Crippen LogP contribution is 2.21. The molecule has 1 fully saturated rings. The fourth-order valence-electron chi connectivity index (χ4n) is 4.40. The average Bonchev–Trinajstić information content (AvgIpc) is 3.35. The van der Waals surface area contributed by atoms with E-state index in [1.165, 1.54) is 5.56 Å². The first kappa shape index (κ1) is 19.8. The summed E-state index contributed by atoms with van der Waals surface area (Å²) in [5.41, 5.74) is 2.88. The van der Waals surface area contributed by atoms with Crippen molar-refractivity contribution in [3.63, 3.8) is 0 Å². The van der Waals surface area contributed by atoms with Crippen molar-refractivity contribution in [1.82, 2.24) is 25.0 Å². The van der Waals surface area contributed by atoms with Crippen LogP contribution in [0.5, 0.6) is 5.75 Å². The van der Waals surface area contributed by atoms with Gasteiger partial charge in [-0.05, 0) is 36.6 Å². The van der Waals surface area contributed by atoms with Gasteiger partial charge in [-0.1, -0.05) is 30.3 Å². The molecule has 0 aliphatic carbocycles. The van der Waals surface area contributed by atoms with E-state index in [0.29, 0.717) is 12.2 Å². The van der Waals surface area contributed by atoms with Crippen molar-refractivity contribution in [3.8, 4) is 5.75 Å². The summed E-state index contributed by atoms with van der Waals surface area (Å²) in [7, 11) is 0. The number of nitrogens with zero attached hydrogens (tertiary/aromatic N) is 4. The van der Waals surface area contributed by atoms with Gasteiger partial charge in [0.2, 0.25) is 0 Å². The van der Waals surface area contributed by atoms with E-state index in [0.717, 1.165) is 50.3 Å². The molecule has 1 atom stereocenters. The zero-order chi connectivity index (χ0) is 21.0. The molecule has 2 aliphatic rings. The molecule has 2 aromatic heterocycles. The van der Waals surface area contributed by atoms with Crippen molar-refractivity contribution in [1.29, 1.82) is 0 Å². The Kier molecular flexibility index (Phi) is 5.67. The van der Waals surface area contributed by atoms with Crippen LogP contribution < -0.4 is 10.1 Å². The van der Waals surface area contributed by atoms with Crippen LogP contribution in [-0.2, 0) is 19.5 Å². The molecule has 0 bridgehead atoms. The number of aromatic nitrogens is 3. The van der Waals surface area contributed by atoms with Crippen molar-refractivity contribution < 1.29 is 9.53 Å². The van der Waals surface area contributed by atoms with Crippen molar-refractivity contribution in [2.24, 2.45) is 0 Å². The molecule has 160 valence electrons. The second-order valence-corrected chi connectivity index (χ2v) is 8.34. The molecular formula is C24H27N5O2. The van der Waals surface area contributed by atoms with Gasteiger partial charge >= 0.3 is 0 Å². The normalized spacial score (nSPS) is 19.2. The number of amides is 1. The van der Waals surface area contributed by atoms with E-state index in [4.69, 9.17) is 4.74 Å². The van der Waals surface area contributed by atoms with E-state index in [-0.39, 0.29) is 18.1 Å². The monoisotopic (exact) mass is 417 g/mol. The number of ether oxygens (including phenoxy) is 1. The predicted octanol–water partition coefficient (Wildman–Crippen LogP) is 2.68. The third-order valence-corrected chi connectivity index (χ3v) is 6.03. The van der Waals surface area contributed by atoms with Crippen LogP contribution in [-0.4, -0.2) is 50.8 Å². The number of carbonyl (C=O) groups excluding carboxylic acids is 1. The summed E-state index contributed by atoms with van der Waals surface area (Å²) in [6.07, 6.45) is 6.16. The third kappa shape index (κ3) is 4.77. The Balaban J connectivity index is 1.10. The number of nitrogens with one attached hydrogen (secondary N) is 1. The Morgan fingerprint density at radius 1 is 1.10 bits per heavy atom. The highest BCUT2D eigenvalue weighted by Gasteiger charge is 2.28.